The lowest BCUT2D eigenvalue weighted by Crippen LogP contribution is -2.43. The highest BCUT2D eigenvalue weighted by molar-refractivity contribution is 9.03. The molecule has 13 heteroatoms. The second-order valence-electron chi connectivity index (χ2n) is 8.76. The van der Waals surface area contributed by atoms with Crippen molar-refractivity contribution in [1.82, 2.24) is 10.2 Å². The zero-order valence-electron chi connectivity index (χ0n) is 23.5. The van der Waals surface area contributed by atoms with Gasteiger partial charge < -0.3 is 19.5 Å². The number of thiol groups is 1. The van der Waals surface area contributed by atoms with E-state index in [0.717, 1.165) is 17.1 Å². The normalized spacial score (nSPS) is 16.2. The molecule has 0 aliphatic carbocycles. The molecule has 40 heavy (non-hydrogen) atoms. The number of hydrogen-bond acceptors (Lipinski definition) is 9. The molecule has 0 spiro atoms. The smallest absolute Gasteiger partial charge is 0.328 e. The summed E-state index contributed by atoms with van der Waals surface area (Å²) < 4.78 is 9.63. The number of nitrogens with zero attached hydrogens (tertiary/aromatic N) is 1. The molecule has 222 valence electrons. The molecule has 1 saturated heterocycles. The van der Waals surface area contributed by atoms with E-state index in [0.29, 0.717) is 23.6 Å². The average molecular weight is 679 g/mol. The summed E-state index contributed by atoms with van der Waals surface area (Å²) in [7, 11) is 0. The minimum atomic E-state index is -2.35. The molecule has 6 nitrogen and oxygen atoms in total. The third-order valence-corrected chi connectivity index (χ3v) is 24.0. The van der Waals surface area contributed by atoms with Crippen LogP contribution in [0.5, 0.6) is 5.75 Å². The maximum Gasteiger partial charge on any atom is 0.328 e. The maximum atomic E-state index is 12.6. The van der Waals surface area contributed by atoms with Crippen LogP contribution < -0.4 is 9.84 Å². The largest absolute Gasteiger partial charge is 0.464 e. The van der Waals surface area contributed by atoms with Crippen LogP contribution in [0.2, 0.25) is 0 Å². The first-order valence-corrected chi connectivity index (χ1v) is 23.5. The highest BCUT2D eigenvalue weighted by atomic mass is 33.2. The number of ether oxygens (including phenoxy) is 1. The fourth-order valence-electron chi connectivity index (χ4n) is 3.74. The predicted octanol–water partition coefficient (Wildman–Crippen LogP) is 7.30. The van der Waals surface area contributed by atoms with Crippen LogP contribution in [0.3, 0.4) is 0 Å². The van der Waals surface area contributed by atoms with E-state index in [1.165, 1.54) is 19.6 Å². The minimum absolute atomic E-state index is 0.236. The summed E-state index contributed by atoms with van der Waals surface area (Å²) in [5.74, 6) is 2.65. The van der Waals surface area contributed by atoms with E-state index in [1.807, 2.05) is 53.1 Å². The van der Waals surface area contributed by atoms with Crippen LogP contribution in [0.4, 0.5) is 0 Å². The molecule has 2 aromatic rings. The number of carbonyl (C=O) groups excluding carboxylic acids is 2. The average Bonchev–Trinajstić information content (AvgIpc) is 3.36. The SMILES string of the molecule is CCN(CC)CC.CCOC(=O)[C@H](Cc1ccc(OP(=S)(S)CP2(=S)SCCS2)cc1)NC(=O)c1ccccc1. The third kappa shape index (κ3) is 12.8. The minimum Gasteiger partial charge on any atom is -0.464 e. The first kappa shape index (κ1) is 35.7. The van der Waals surface area contributed by atoms with Crippen LogP contribution in [0, 0.1) is 0 Å². The lowest BCUT2D eigenvalue weighted by molar-refractivity contribution is -0.145. The van der Waals surface area contributed by atoms with Gasteiger partial charge in [-0.1, -0.05) is 62.9 Å². The molecule has 2 atom stereocenters. The number of benzene rings is 2. The zero-order chi connectivity index (χ0) is 29.6. The third-order valence-electron chi connectivity index (χ3n) is 5.88. The van der Waals surface area contributed by atoms with Crippen LogP contribution >= 0.6 is 44.9 Å². The van der Waals surface area contributed by atoms with Crippen LogP contribution in [0.15, 0.2) is 54.6 Å². The molecule has 1 fully saturated rings. The second kappa shape index (κ2) is 18.2. The van der Waals surface area contributed by atoms with E-state index in [9.17, 15) is 9.59 Å². The lowest BCUT2D eigenvalue weighted by Gasteiger charge is -2.23. The molecule has 1 aliphatic rings. The number of nitrogens with one attached hydrogen (secondary N) is 1. The van der Waals surface area contributed by atoms with Crippen LogP contribution in [0.1, 0.15) is 43.6 Å². The standard InChI is InChI=1S/C21H25NO4P2S5.C6H15N/c1-2-25-21(24)19(22-20(23)17-6-4-3-5-7-17)14-16-8-10-18(11-9-16)26-27(29,30)15-28(31)32-12-13-33-28;1-4-7(5-2)6-3/h3-11,19H,2,12-15H2,1H3,(H,22,23)(H,29,30);4-6H2,1-3H3/t19-;/m0./s1. The van der Waals surface area contributed by atoms with Crippen molar-refractivity contribution in [3.63, 3.8) is 0 Å². The molecular weight excluding hydrogens is 639 g/mol. The van der Waals surface area contributed by atoms with Crippen LogP contribution in [-0.4, -0.2) is 66.5 Å². The lowest BCUT2D eigenvalue weighted by atomic mass is 10.1. The number of hydrogen-bond donors (Lipinski definition) is 2. The van der Waals surface area contributed by atoms with Crippen molar-refractivity contribution in [1.29, 1.82) is 0 Å². The highest BCUT2D eigenvalue weighted by Gasteiger charge is 2.31. The van der Waals surface area contributed by atoms with Crippen molar-refractivity contribution in [2.45, 2.75) is 40.2 Å². The van der Waals surface area contributed by atoms with Gasteiger partial charge in [0.25, 0.3) is 5.91 Å². The van der Waals surface area contributed by atoms with Gasteiger partial charge in [-0.05, 0) is 68.2 Å². The van der Waals surface area contributed by atoms with Gasteiger partial charge in [-0.2, -0.15) is 0 Å². The summed E-state index contributed by atoms with van der Waals surface area (Å²) in [6.45, 7) is 12.1. The molecule has 0 saturated carbocycles. The number of amides is 1. The first-order valence-electron chi connectivity index (χ1n) is 13.3. The van der Waals surface area contributed by atoms with Gasteiger partial charge >= 0.3 is 5.97 Å². The zero-order valence-corrected chi connectivity index (χ0v) is 29.4. The Morgan fingerprint density at radius 3 is 2.10 bits per heavy atom. The quantitative estimate of drug-likeness (QED) is 0.129. The molecule has 0 aromatic heterocycles. The van der Waals surface area contributed by atoms with Gasteiger partial charge in [0.05, 0.1) is 17.0 Å². The van der Waals surface area contributed by atoms with Crippen LogP contribution in [0.25, 0.3) is 0 Å². The Labute approximate surface area is 263 Å². The second-order valence-corrected chi connectivity index (χ2v) is 27.7. The van der Waals surface area contributed by atoms with Crippen molar-refractivity contribution in [3.8, 4) is 5.75 Å². The van der Waals surface area contributed by atoms with Crippen molar-refractivity contribution in [3.05, 3.63) is 65.7 Å². The van der Waals surface area contributed by atoms with Crippen molar-refractivity contribution < 1.29 is 18.8 Å². The van der Waals surface area contributed by atoms with Crippen molar-refractivity contribution >= 4 is 80.4 Å². The number of esters is 1. The Bertz CT molecular complexity index is 1150. The Balaban J connectivity index is 0.000000708. The van der Waals surface area contributed by atoms with E-state index in [4.69, 9.17) is 32.9 Å². The molecule has 0 radical (unpaired) electrons. The van der Waals surface area contributed by atoms with E-state index >= 15 is 0 Å². The molecule has 1 amide bonds. The maximum absolute atomic E-state index is 12.6. The van der Waals surface area contributed by atoms with Gasteiger partial charge in [-0.25, -0.2) is 4.79 Å². The Morgan fingerprint density at radius 2 is 1.60 bits per heavy atom. The molecule has 0 bridgehead atoms. The van der Waals surface area contributed by atoms with Gasteiger partial charge in [-0.3, -0.25) is 4.79 Å². The molecule has 3 rings (SSSR count). The van der Waals surface area contributed by atoms with Gasteiger partial charge in [0.15, 0.2) is 5.47 Å². The van der Waals surface area contributed by atoms with Crippen LogP contribution in [-0.2, 0) is 39.6 Å². The first-order chi connectivity index (χ1) is 19.0. The van der Waals surface area contributed by atoms with Gasteiger partial charge in [0.2, 0.25) is 0 Å². The summed E-state index contributed by atoms with van der Waals surface area (Å²) in [6, 6.07) is 15.3. The van der Waals surface area contributed by atoms with E-state index in [1.54, 1.807) is 31.2 Å². The summed E-state index contributed by atoms with van der Waals surface area (Å²) in [5, 5.41) is 2.78. The molecule has 1 unspecified atom stereocenters. The molecule has 1 N–H and O–H groups in total. The summed E-state index contributed by atoms with van der Waals surface area (Å²) in [5.41, 5.74) is -1.01. The van der Waals surface area contributed by atoms with E-state index in [-0.39, 0.29) is 12.5 Å². The molecule has 2 aromatic carbocycles. The molecular formula is C27H40N2O4P2S5. The predicted molar refractivity (Wildman–Crippen MR) is 186 cm³/mol. The van der Waals surface area contributed by atoms with Gasteiger partial charge in [0.1, 0.15) is 11.8 Å². The fourth-order valence-corrected chi connectivity index (χ4v) is 28.6. The summed E-state index contributed by atoms with van der Waals surface area (Å²) >= 11 is 19.8. The van der Waals surface area contributed by atoms with Crippen molar-refractivity contribution in [2.75, 3.05) is 43.6 Å². The number of rotatable bonds is 13. The Hall–Kier alpha value is -0.510. The topological polar surface area (TPSA) is 67.9 Å². The van der Waals surface area contributed by atoms with Gasteiger partial charge in [-0.15, -0.1) is 35.0 Å². The Morgan fingerprint density at radius 1 is 1.02 bits per heavy atom. The highest BCUT2D eigenvalue weighted by Crippen LogP contribution is 2.80. The molecule has 1 aliphatic heterocycles. The van der Waals surface area contributed by atoms with E-state index < -0.39 is 21.9 Å². The van der Waals surface area contributed by atoms with E-state index in [2.05, 4.69) is 43.2 Å². The fraction of sp³-hybridized carbons (Fsp3) is 0.481. The number of carbonyl (C=O) groups is 2. The Kier molecular flexibility index (Phi) is 16.3. The monoisotopic (exact) mass is 678 g/mol. The van der Waals surface area contributed by atoms with Crippen molar-refractivity contribution in [2.24, 2.45) is 0 Å². The summed E-state index contributed by atoms with van der Waals surface area (Å²) in [6.07, 6.45) is 0.292. The molecule has 1 heterocycles. The summed E-state index contributed by atoms with van der Waals surface area (Å²) in [4.78, 5) is 27.4. The van der Waals surface area contributed by atoms with Gasteiger partial charge in [0, 0.05) is 23.5 Å².